The molecule has 0 saturated carbocycles. The van der Waals surface area contributed by atoms with Gasteiger partial charge in [0.15, 0.2) is 0 Å². The van der Waals surface area contributed by atoms with Gasteiger partial charge in [0.2, 0.25) is 0 Å². The summed E-state index contributed by atoms with van der Waals surface area (Å²) in [6, 6.07) is 5.71. The van der Waals surface area contributed by atoms with Crippen LogP contribution in [0.15, 0.2) is 24.3 Å². The van der Waals surface area contributed by atoms with Gasteiger partial charge in [0.05, 0.1) is 12.3 Å². The molecular formula is C11H14N2O4. The number of urea groups is 1. The number of rotatable bonds is 4. The number of aromatic hydroxyl groups is 1. The van der Waals surface area contributed by atoms with E-state index in [1.165, 1.54) is 6.07 Å². The fourth-order valence-corrected chi connectivity index (χ4v) is 1.11. The molecule has 0 spiro atoms. The van der Waals surface area contributed by atoms with Crippen LogP contribution in [0.3, 0.4) is 0 Å². The highest BCUT2D eigenvalue weighted by Gasteiger charge is 2.07. The fourth-order valence-electron chi connectivity index (χ4n) is 1.11. The van der Waals surface area contributed by atoms with Gasteiger partial charge in [0.25, 0.3) is 0 Å². The van der Waals surface area contributed by atoms with Gasteiger partial charge in [0, 0.05) is 0 Å². The highest BCUT2D eigenvalue weighted by molar-refractivity contribution is 5.92. The van der Waals surface area contributed by atoms with E-state index < -0.39 is 12.0 Å². The number of phenolic OH excluding ortho intramolecular Hbond substituents is 1. The minimum Gasteiger partial charge on any atom is -0.506 e. The smallest absolute Gasteiger partial charge is 0.325 e. The van der Waals surface area contributed by atoms with Crippen LogP contribution in [0.5, 0.6) is 5.75 Å². The first-order chi connectivity index (χ1) is 8.13. The predicted octanol–water partition coefficient (Wildman–Crippen LogP) is 1.08. The Kier molecular flexibility index (Phi) is 4.80. The summed E-state index contributed by atoms with van der Waals surface area (Å²) >= 11 is 0. The summed E-state index contributed by atoms with van der Waals surface area (Å²) in [6.07, 6.45) is 0. The van der Waals surface area contributed by atoms with Gasteiger partial charge in [-0.25, -0.2) is 4.79 Å². The molecule has 6 nitrogen and oxygen atoms in total. The highest BCUT2D eigenvalue weighted by atomic mass is 16.5. The minimum absolute atomic E-state index is 0.0428. The van der Waals surface area contributed by atoms with Crippen LogP contribution in [0.1, 0.15) is 6.92 Å². The Hall–Kier alpha value is -2.24. The lowest BCUT2D eigenvalue weighted by atomic mass is 10.3. The summed E-state index contributed by atoms with van der Waals surface area (Å²) in [5.41, 5.74) is 0.272. The molecular weight excluding hydrogens is 224 g/mol. The van der Waals surface area contributed by atoms with Crippen LogP contribution in [0.2, 0.25) is 0 Å². The first-order valence-corrected chi connectivity index (χ1v) is 5.12. The third kappa shape index (κ3) is 4.42. The molecule has 17 heavy (non-hydrogen) atoms. The maximum absolute atomic E-state index is 11.3. The Morgan fingerprint density at radius 3 is 2.71 bits per heavy atom. The second kappa shape index (κ2) is 6.37. The van der Waals surface area contributed by atoms with E-state index in [4.69, 9.17) is 0 Å². The van der Waals surface area contributed by atoms with Crippen molar-refractivity contribution in [2.45, 2.75) is 6.92 Å². The largest absolute Gasteiger partial charge is 0.506 e. The van der Waals surface area contributed by atoms with Gasteiger partial charge >= 0.3 is 12.0 Å². The molecule has 0 unspecified atom stereocenters. The molecule has 3 N–H and O–H groups in total. The summed E-state index contributed by atoms with van der Waals surface area (Å²) in [4.78, 5) is 22.3. The molecule has 6 heteroatoms. The number of benzene rings is 1. The quantitative estimate of drug-likeness (QED) is 0.541. The number of anilines is 1. The van der Waals surface area contributed by atoms with Crippen LogP contribution in [0, 0.1) is 0 Å². The zero-order valence-electron chi connectivity index (χ0n) is 9.40. The number of amides is 2. The number of hydrogen-bond donors (Lipinski definition) is 3. The lowest BCUT2D eigenvalue weighted by Gasteiger charge is -2.08. The molecule has 1 rings (SSSR count). The average molecular weight is 238 g/mol. The van der Waals surface area contributed by atoms with Crippen LogP contribution >= 0.6 is 0 Å². The fraction of sp³-hybridized carbons (Fsp3) is 0.273. The van der Waals surface area contributed by atoms with E-state index in [-0.39, 0.29) is 24.6 Å². The Morgan fingerprint density at radius 1 is 1.35 bits per heavy atom. The van der Waals surface area contributed by atoms with Gasteiger partial charge in [-0.15, -0.1) is 0 Å². The molecule has 0 aliphatic heterocycles. The summed E-state index contributed by atoms with van der Waals surface area (Å²) in [7, 11) is 0. The number of nitrogens with one attached hydrogen (secondary N) is 2. The molecule has 0 radical (unpaired) electrons. The standard InChI is InChI=1S/C11H14N2O4/c1-2-17-10(15)7-12-11(16)13-8-5-3-4-6-9(8)14/h3-6,14H,2,7H2,1H3,(H2,12,13,16). The van der Waals surface area contributed by atoms with Crippen LogP contribution in [-0.2, 0) is 9.53 Å². The van der Waals surface area contributed by atoms with E-state index in [0.717, 1.165) is 0 Å². The number of esters is 1. The number of para-hydroxylation sites is 2. The van der Waals surface area contributed by atoms with Gasteiger partial charge in [-0.05, 0) is 19.1 Å². The average Bonchev–Trinajstić information content (AvgIpc) is 2.30. The lowest BCUT2D eigenvalue weighted by Crippen LogP contribution is -2.34. The number of carbonyl (C=O) groups excluding carboxylic acids is 2. The normalized spacial score (nSPS) is 9.47. The molecule has 0 aliphatic carbocycles. The van der Waals surface area contributed by atoms with Crippen molar-refractivity contribution in [1.82, 2.24) is 5.32 Å². The molecule has 0 bridgehead atoms. The Bertz CT molecular complexity index is 406. The van der Waals surface area contributed by atoms with Gasteiger partial charge in [0.1, 0.15) is 12.3 Å². The van der Waals surface area contributed by atoms with Crippen molar-refractivity contribution in [1.29, 1.82) is 0 Å². The van der Waals surface area contributed by atoms with Crippen molar-refractivity contribution in [2.75, 3.05) is 18.5 Å². The summed E-state index contributed by atoms with van der Waals surface area (Å²) in [6.45, 7) is 1.73. The molecule has 0 aliphatic rings. The second-order valence-electron chi connectivity index (χ2n) is 3.13. The maximum atomic E-state index is 11.3. The Labute approximate surface area is 98.6 Å². The summed E-state index contributed by atoms with van der Waals surface area (Å²) in [5.74, 6) is -0.557. The molecule has 0 aromatic heterocycles. The van der Waals surface area contributed by atoms with Gasteiger partial charge < -0.3 is 20.5 Å². The van der Waals surface area contributed by atoms with Crippen molar-refractivity contribution in [3.05, 3.63) is 24.3 Å². The zero-order valence-corrected chi connectivity index (χ0v) is 9.40. The Balaban J connectivity index is 2.40. The molecule has 0 heterocycles. The molecule has 0 saturated heterocycles. The van der Waals surface area contributed by atoms with E-state index >= 15 is 0 Å². The monoisotopic (exact) mass is 238 g/mol. The summed E-state index contributed by atoms with van der Waals surface area (Å²) in [5, 5.41) is 14.1. The van der Waals surface area contributed by atoms with Gasteiger partial charge in [-0.2, -0.15) is 0 Å². The molecule has 92 valence electrons. The van der Waals surface area contributed by atoms with Crippen molar-refractivity contribution < 1.29 is 19.4 Å². The molecule has 1 aromatic carbocycles. The van der Waals surface area contributed by atoms with Crippen molar-refractivity contribution in [2.24, 2.45) is 0 Å². The van der Waals surface area contributed by atoms with E-state index in [2.05, 4.69) is 15.4 Å². The number of hydrogen-bond acceptors (Lipinski definition) is 4. The van der Waals surface area contributed by atoms with Crippen LogP contribution < -0.4 is 10.6 Å². The summed E-state index contributed by atoms with van der Waals surface area (Å²) < 4.78 is 4.64. The van der Waals surface area contributed by atoms with E-state index in [1.54, 1.807) is 25.1 Å². The molecule has 2 amide bonds. The molecule has 1 aromatic rings. The Morgan fingerprint density at radius 2 is 2.06 bits per heavy atom. The predicted molar refractivity (Wildman–Crippen MR) is 61.8 cm³/mol. The van der Waals surface area contributed by atoms with Gasteiger partial charge in [-0.3, -0.25) is 4.79 Å². The second-order valence-corrected chi connectivity index (χ2v) is 3.13. The van der Waals surface area contributed by atoms with Crippen molar-refractivity contribution in [3.8, 4) is 5.75 Å². The number of phenols is 1. The number of carbonyl (C=O) groups is 2. The van der Waals surface area contributed by atoms with Gasteiger partial charge in [-0.1, -0.05) is 12.1 Å². The molecule has 0 fully saturated rings. The maximum Gasteiger partial charge on any atom is 0.325 e. The highest BCUT2D eigenvalue weighted by Crippen LogP contribution is 2.20. The lowest BCUT2D eigenvalue weighted by molar-refractivity contribution is -0.141. The minimum atomic E-state index is -0.584. The van der Waals surface area contributed by atoms with E-state index in [1.807, 2.05) is 0 Å². The van der Waals surface area contributed by atoms with Crippen molar-refractivity contribution in [3.63, 3.8) is 0 Å². The van der Waals surface area contributed by atoms with Crippen LogP contribution in [0.4, 0.5) is 10.5 Å². The van der Waals surface area contributed by atoms with Crippen LogP contribution in [0.25, 0.3) is 0 Å². The van der Waals surface area contributed by atoms with Crippen molar-refractivity contribution >= 4 is 17.7 Å². The first-order valence-electron chi connectivity index (χ1n) is 5.12. The third-order valence-electron chi connectivity index (χ3n) is 1.85. The third-order valence-corrected chi connectivity index (χ3v) is 1.85. The van der Waals surface area contributed by atoms with E-state index in [0.29, 0.717) is 0 Å². The van der Waals surface area contributed by atoms with Crippen LogP contribution in [-0.4, -0.2) is 30.3 Å². The topological polar surface area (TPSA) is 87.7 Å². The zero-order chi connectivity index (χ0) is 12.7. The van der Waals surface area contributed by atoms with E-state index in [9.17, 15) is 14.7 Å². The number of ether oxygens (including phenoxy) is 1. The molecule has 0 atom stereocenters. The SMILES string of the molecule is CCOC(=O)CNC(=O)Nc1ccccc1O. The first kappa shape index (κ1) is 12.8.